The van der Waals surface area contributed by atoms with E-state index in [1.165, 1.54) is 48.5 Å². The van der Waals surface area contributed by atoms with E-state index in [9.17, 15) is 32.3 Å². The fourth-order valence-corrected chi connectivity index (χ4v) is 4.01. The summed E-state index contributed by atoms with van der Waals surface area (Å²) in [7, 11) is 0. The highest BCUT2D eigenvalue weighted by atomic mass is 19.4. The third-order valence-corrected chi connectivity index (χ3v) is 6.20. The summed E-state index contributed by atoms with van der Waals surface area (Å²) < 4.78 is 65.9. The van der Waals surface area contributed by atoms with E-state index in [1.807, 2.05) is 12.2 Å². The number of alkyl halides is 3. The number of ether oxygens (including phenoxy) is 1. The zero-order valence-electron chi connectivity index (χ0n) is 22.3. The molecule has 42 heavy (non-hydrogen) atoms. The molecule has 218 valence electrons. The van der Waals surface area contributed by atoms with Crippen LogP contribution in [0.15, 0.2) is 95.1 Å². The minimum absolute atomic E-state index is 0.0341. The van der Waals surface area contributed by atoms with Gasteiger partial charge in [-0.25, -0.2) is 14.2 Å². The Morgan fingerprint density at radius 3 is 2.29 bits per heavy atom. The van der Waals surface area contributed by atoms with Gasteiger partial charge in [0.25, 0.3) is 0 Å². The molecule has 0 radical (unpaired) electrons. The molecule has 0 saturated carbocycles. The van der Waals surface area contributed by atoms with Crippen molar-refractivity contribution >= 4 is 11.8 Å². The highest BCUT2D eigenvalue weighted by Gasteiger charge is 2.37. The number of carbonyl (C=O) groups excluding carboxylic acids is 1. The van der Waals surface area contributed by atoms with Gasteiger partial charge in [0, 0.05) is 30.0 Å². The number of halogens is 4. The van der Waals surface area contributed by atoms with Gasteiger partial charge in [-0.2, -0.15) is 13.2 Å². The average Bonchev–Trinajstić information content (AvgIpc) is 3.39. The van der Waals surface area contributed by atoms with Crippen molar-refractivity contribution in [3.8, 4) is 17.2 Å². The van der Waals surface area contributed by atoms with Gasteiger partial charge in [-0.3, -0.25) is 4.79 Å². The van der Waals surface area contributed by atoms with Crippen LogP contribution in [0, 0.1) is 5.82 Å². The van der Waals surface area contributed by atoms with Crippen LogP contribution in [-0.2, 0) is 24.2 Å². The van der Waals surface area contributed by atoms with E-state index in [0.717, 1.165) is 0 Å². The Kier molecular flexibility index (Phi) is 9.41. The van der Waals surface area contributed by atoms with Crippen LogP contribution in [0.25, 0.3) is 11.5 Å². The second-order valence-electron chi connectivity index (χ2n) is 9.21. The van der Waals surface area contributed by atoms with Crippen LogP contribution < -0.4 is 10.1 Å². The maximum absolute atomic E-state index is 13.7. The molecular formula is C31H26F4N2O5. The number of oxazole rings is 1. The molecule has 4 aromatic rings. The third kappa shape index (κ3) is 7.84. The Morgan fingerprint density at radius 1 is 1.02 bits per heavy atom. The smallest absolute Gasteiger partial charge is 0.431 e. The quantitative estimate of drug-likeness (QED) is 0.111. The number of nitrogens with zero attached hydrogens (tertiary/aromatic N) is 1. The molecule has 0 aliphatic rings. The first-order valence-electron chi connectivity index (χ1n) is 12.9. The van der Waals surface area contributed by atoms with Gasteiger partial charge in [0.15, 0.2) is 5.78 Å². The molecule has 3 aromatic carbocycles. The summed E-state index contributed by atoms with van der Waals surface area (Å²) in [6, 6.07) is 17.6. The minimum Gasteiger partial charge on any atom is -0.487 e. The zero-order chi connectivity index (χ0) is 30.3. The van der Waals surface area contributed by atoms with Crippen molar-refractivity contribution in [2.24, 2.45) is 0 Å². The topological polar surface area (TPSA) is 102 Å². The van der Waals surface area contributed by atoms with Crippen molar-refractivity contribution in [2.45, 2.75) is 38.6 Å². The first-order valence-corrected chi connectivity index (χ1v) is 12.9. The lowest BCUT2D eigenvalue weighted by molar-refractivity contribution is -0.140. The molecule has 0 fully saturated rings. The lowest BCUT2D eigenvalue weighted by atomic mass is 10.0. The van der Waals surface area contributed by atoms with Crippen LogP contribution in [0.3, 0.4) is 0 Å². The first-order chi connectivity index (χ1) is 20.0. The summed E-state index contributed by atoms with van der Waals surface area (Å²) in [4.78, 5) is 28.6. The predicted molar refractivity (Wildman–Crippen MR) is 145 cm³/mol. The average molecular weight is 583 g/mol. The number of hydrogen-bond donors (Lipinski definition) is 2. The molecule has 1 atom stereocenters. The number of carboxylic acids is 1. The molecule has 1 aromatic heterocycles. The highest BCUT2D eigenvalue weighted by molar-refractivity contribution is 6.05. The number of carboxylic acid groups (broad SMARTS) is 1. The van der Waals surface area contributed by atoms with Crippen LogP contribution in [-0.4, -0.2) is 34.1 Å². The van der Waals surface area contributed by atoms with Crippen LogP contribution in [0.5, 0.6) is 5.75 Å². The van der Waals surface area contributed by atoms with Crippen molar-refractivity contribution in [2.75, 3.05) is 0 Å². The SMILES string of the molecule is CCc1oc(-c2ccc(F)cc2)nc1COc1ccc(C[C@H](N/C(=C/C(=O)c2ccccc2)C(F)(F)F)C(=O)O)cc1. The Labute approximate surface area is 238 Å². The van der Waals surface area contributed by atoms with Crippen LogP contribution >= 0.6 is 0 Å². The molecule has 2 N–H and O–H groups in total. The second-order valence-corrected chi connectivity index (χ2v) is 9.21. The normalized spacial score (nSPS) is 12.5. The number of hydrogen-bond acceptors (Lipinski definition) is 6. The number of aliphatic carboxylic acids is 1. The Bertz CT molecular complexity index is 1550. The maximum atomic E-state index is 13.7. The van der Waals surface area contributed by atoms with E-state index in [1.54, 1.807) is 30.3 Å². The number of rotatable bonds is 12. The molecule has 0 bridgehead atoms. The Morgan fingerprint density at radius 2 is 1.69 bits per heavy atom. The number of ketones is 1. The van der Waals surface area contributed by atoms with Gasteiger partial charge < -0.3 is 19.6 Å². The fraction of sp³-hybridized carbons (Fsp3) is 0.194. The molecule has 0 aliphatic heterocycles. The second kappa shape index (κ2) is 13.2. The third-order valence-electron chi connectivity index (χ3n) is 6.20. The molecule has 0 saturated heterocycles. The Balaban J connectivity index is 1.42. The van der Waals surface area contributed by atoms with E-state index in [4.69, 9.17) is 9.15 Å². The van der Waals surface area contributed by atoms with E-state index >= 15 is 0 Å². The minimum atomic E-state index is -4.98. The van der Waals surface area contributed by atoms with Gasteiger partial charge in [0.05, 0.1) is 0 Å². The van der Waals surface area contributed by atoms with Crippen molar-refractivity contribution in [3.05, 3.63) is 119 Å². The lowest BCUT2D eigenvalue weighted by Gasteiger charge is -2.20. The molecular weight excluding hydrogens is 556 g/mol. The van der Waals surface area contributed by atoms with Crippen molar-refractivity contribution in [1.29, 1.82) is 0 Å². The summed E-state index contributed by atoms with van der Waals surface area (Å²) in [6.45, 7) is 1.94. The van der Waals surface area contributed by atoms with Crippen LogP contribution in [0.4, 0.5) is 17.6 Å². The van der Waals surface area contributed by atoms with Gasteiger partial charge in [-0.15, -0.1) is 0 Å². The number of carbonyl (C=O) groups is 2. The number of nitrogens with one attached hydrogen (secondary N) is 1. The van der Waals surface area contributed by atoms with Crippen molar-refractivity contribution in [1.82, 2.24) is 10.3 Å². The van der Waals surface area contributed by atoms with Gasteiger partial charge in [0.2, 0.25) is 5.89 Å². The molecule has 1 heterocycles. The highest BCUT2D eigenvalue weighted by Crippen LogP contribution is 2.26. The van der Waals surface area contributed by atoms with Gasteiger partial charge >= 0.3 is 12.1 Å². The van der Waals surface area contributed by atoms with E-state index in [-0.39, 0.29) is 24.4 Å². The number of allylic oxidation sites excluding steroid dienone is 2. The van der Waals surface area contributed by atoms with Crippen molar-refractivity contribution < 1.29 is 41.4 Å². The standard InChI is InChI=1S/C31H26F4N2O5/c1-2-27-25(37-29(42-27)21-10-12-22(32)13-11-21)18-41-23-14-8-19(9-15-23)16-24(30(39)40)36-28(31(33,34)35)17-26(38)20-6-4-3-5-7-20/h3-15,17,24,36H,2,16,18H2,1H3,(H,39,40)/b28-17+/t24-/m0/s1. The van der Waals surface area contributed by atoms with Crippen LogP contribution in [0.1, 0.15) is 34.3 Å². The molecule has 0 spiro atoms. The summed E-state index contributed by atoms with van der Waals surface area (Å²) in [5.74, 6) is -1.48. The molecule has 0 amide bonds. The molecule has 4 rings (SSSR count). The Hall–Kier alpha value is -4.93. The maximum Gasteiger partial charge on any atom is 0.431 e. The molecule has 0 unspecified atom stereocenters. The summed E-state index contributed by atoms with van der Waals surface area (Å²) >= 11 is 0. The van der Waals surface area contributed by atoms with E-state index in [0.29, 0.717) is 46.7 Å². The first kappa shape index (κ1) is 30.0. The zero-order valence-corrected chi connectivity index (χ0v) is 22.3. The van der Waals surface area contributed by atoms with Gasteiger partial charge in [0.1, 0.15) is 41.4 Å². The molecule has 0 aliphatic carbocycles. The van der Waals surface area contributed by atoms with E-state index < -0.39 is 29.7 Å². The lowest BCUT2D eigenvalue weighted by Crippen LogP contribution is -2.42. The van der Waals surface area contributed by atoms with E-state index in [2.05, 4.69) is 4.98 Å². The number of aryl methyl sites for hydroxylation is 1. The largest absolute Gasteiger partial charge is 0.487 e. The predicted octanol–water partition coefficient (Wildman–Crippen LogP) is 6.54. The molecule has 7 nitrogen and oxygen atoms in total. The fourth-order valence-electron chi connectivity index (χ4n) is 4.01. The summed E-state index contributed by atoms with van der Waals surface area (Å²) in [5.41, 5.74) is 0.158. The summed E-state index contributed by atoms with van der Waals surface area (Å²) in [5, 5.41) is 11.6. The number of aromatic nitrogens is 1. The van der Waals surface area contributed by atoms with Gasteiger partial charge in [-0.1, -0.05) is 49.4 Å². The molecule has 11 heteroatoms. The van der Waals surface area contributed by atoms with Gasteiger partial charge in [-0.05, 0) is 42.0 Å². The van der Waals surface area contributed by atoms with Crippen molar-refractivity contribution in [3.63, 3.8) is 0 Å². The van der Waals surface area contributed by atoms with Crippen LogP contribution in [0.2, 0.25) is 0 Å². The monoisotopic (exact) mass is 582 g/mol. The summed E-state index contributed by atoms with van der Waals surface area (Å²) in [6.07, 6.45) is -4.38. The number of benzene rings is 3.